The highest BCUT2D eigenvalue weighted by atomic mass is 16.5. The first-order valence-corrected chi connectivity index (χ1v) is 9.89. The first-order chi connectivity index (χ1) is 15.5. The summed E-state index contributed by atoms with van der Waals surface area (Å²) in [5, 5.41) is 0. The number of aromatic amines is 1. The number of nitrogen functional groups attached to an aromatic ring is 1. The number of hydrogen-bond acceptors (Lipinski definition) is 8. The normalized spacial score (nSPS) is 11.0. The Balaban J connectivity index is 1.57. The average Bonchev–Trinajstić information content (AvgIpc) is 3.10. The van der Waals surface area contributed by atoms with E-state index in [0.717, 1.165) is 16.7 Å². The van der Waals surface area contributed by atoms with Crippen molar-refractivity contribution in [1.82, 2.24) is 24.5 Å². The van der Waals surface area contributed by atoms with E-state index in [1.54, 1.807) is 12.4 Å². The van der Waals surface area contributed by atoms with Gasteiger partial charge in [-0.05, 0) is 22.8 Å². The number of imidazole rings is 1. The van der Waals surface area contributed by atoms with Gasteiger partial charge >= 0.3 is 11.7 Å². The van der Waals surface area contributed by atoms with Gasteiger partial charge < -0.3 is 20.2 Å². The van der Waals surface area contributed by atoms with E-state index < -0.39 is 0 Å². The molecule has 3 N–H and O–H groups in total. The summed E-state index contributed by atoms with van der Waals surface area (Å²) in [6, 6.07) is 11.1. The minimum atomic E-state index is -0.354. The minimum absolute atomic E-state index is 0.128. The van der Waals surface area contributed by atoms with Crippen molar-refractivity contribution in [3.63, 3.8) is 0 Å². The molecule has 4 rings (SSSR count). The zero-order chi connectivity index (χ0) is 22.5. The highest BCUT2D eigenvalue weighted by Crippen LogP contribution is 2.17. The molecular weight excluding hydrogens is 412 g/mol. The predicted octanol–water partition coefficient (Wildman–Crippen LogP) is 1.58. The van der Waals surface area contributed by atoms with Crippen LogP contribution in [0, 0.1) is 0 Å². The number of H-pyrrole nitrogens is 1. The van der Waals surface area contributed by atoms with E-state index in [-0.39, 0.29) is 37.0 Å². The second kappa shape index (κ2) is 9.40. The maximum Gasteiger partial charge on any atom is 0.328 e. The summed E-state index contributed by atoms with van der Waals surface area (Å²) in [7, 11) is 1.35. The molecule has 10 heteroatoms. The van der Waals surface area contributed by atoms with Gasteiger partial charge in [-0.1, -0.05) is 30.3 Å². The van der Waals surface area contributed by atoms with Crippen molar-refractivity contribution >= 4 is 23.0 Å². The number of nitrogens with zero attached hydrogens (tertiary/aromatic N) is 4. The van der Waals surface area contributed by atoms with Gasteiger partial charge in [0.1, 0.15) is 12.1 Å². The lowest BCUT2D eigenvalue weighted by Crippen LogP contribution is -2.18. The van der Waals surface area contributed by atoms with E-state index >= 15 is 0 Å². The second-order valence-electron chi connectivity index (χ2n) is 7.17. The van der Waals surface area contributed by atoms with Gasteiger partial charge in [0.05, 0.1) is 26.7 Å². The number of carbonyl (C=O) groups is 1. The Labute approximate surface area is 183 Å². The van der Waals surface area contributed by atoms with Crippen LogP contribution in [0.4, 0.5) is 5.82 Å². The first-order valence-electron chi connectivity index (χ1n) is 9.89. The van der Waals surface area contributed by atoms with Crippen LogP contribution >= 0.6 is 0 Å². The number of benzene rings is 1. The molecule has 3 heterocycles. The molecule has 0 amide bonds. The molecule has 1 aromatic carbocycles. The SMILES string of the molecule is COC(=O)Cc1cccc(Cn2c(=O)[nH]c3c(N)nc(COCc4cccnc4)nc32)c1. The molecule has 32 heavy (non-hydrogen) atoms. The number of esters is 1. The molecule has 3 aromatic heterocycles. The molecule has 0 aliphatic rings. The van der Waals surface area contributed by atoms with E-state index in [0.29, 0.717) is 23.6 Å². The maximum absolute atomic E-state index is 12.6. The van der Waals surface area contributed by atoms with Crippen LogP contribution < -0.4 is 11.4 Å². The Hall–Kier alpha value is -4.05. The highest BCUT2D eigenvalue weighted by Gasteiger charge is 2.15. The Kier molecular flexibility index (Phi) is 6.22. The van der Waals surface area contributed by atoms with Crippen LogP contribution in [0.2, 0.25) is 0 Å². The fourth-order valence-electron chi connectivity index (χ4n) is 3.31. The number of pyridine rings is 1. The largest absolute Gasteiger partial charge is 0.469 e. The van der Waals surface area contributed by atoms with Gasteiger partial charge in [0.25, 0.3) is 0 Å². The Morgan fingerprint density at radius 1 is 1.12 bits per heavy atom. The van der Waals surface area contributed by atoms with E-state index in [1.165, 1.54) is 11.7 Å². The fraction of sp³-hybridized carbons (Fsp3) is 0.227. The van der Waals surface area contributed by atoms with Crippen molar-refractivity contribution in [2.75, 3.05) is 12.8 Å². The summed E-state index contributed by atoms with van der Waals surface area (Å²) < 4.78 is 11.9. The van der Waals surface area contributed by atoms with E-state index in [9.17, 15) is 9.59 Å². The van der Waals surface area contributed by atoms with Crippen molar-refractivity contribution in [1.29, 1.82) is 0 Å². The van der Waals surface area contributed by atoms with E-state index in [2.05, 4.69) is 19.9 Å². The minimum Gasteiger partial charge on any atom is -0.469 e. The van der Waals surface area contributed by atoms with E-state index in [1.807, 2.05) is 36.4 Å². The molecule has 4 aromatic rings. The van der Waals surface area contributed by atoms with Crippen molar-refractivity contribution in [3.05, 3.63) is 81.8 Å². The molecule has 0 spiro atoms. The van der Waals surface area contributed by atoms with Crippen LogP contribution in [0.3, 0.4) is 0 Å². The number of nitrogens with two attached hydrogens (primary N) is 1. The number of nitrogens with one attached hydrogen (secondary N) is 1. The van der Waals surface area contributed by atoms with Gasteiger partial charge in [-0.2, -0.15) is 0 Å². The Morgan fingerprint density at radius 2 is 1.94 bits per heavy atom. The number of anilines is 1. The van der Waals surface area contributed by atoms with Crippen molar-refractivity contribution in [3.8, 4) is 0 Å². The molecule has 0 atom stereocenters. The van der Waals surface area contributed by atoms with Crippen LogP contribution in [-0.2, 0) is 40.4 Å². The predicted molar refractivity (Wildman–Crippen MR) is 117 cm³/mol. The van der Waals surface area contributed by atoms with Crippen LogP contribution in [0.1, 0.15) is 22.5 Å². The molecule has 164 valence electrons. The van der Waals surface area contributed by atoms with Gasteiger partial charge in [-0.15, -0.1) is 0 Å². The lowest BCUT2D eigenvalue weighted by Gasteiger charge is -2.08. The highest BCUT2D eigenvalue weighted by molar-refractivity contribution is 5.81. The lowest BCUT2D eigenvalue weighted by molar-refractivity contribution is -0.139. The molecule has 0 aliphatic heterocycles. The van der Waals surface area contributed by atoms with Crippen molar-refractivity contribution in [2.24, 2.45) is 0 Å². The van der Waals surface area contributed by atoms with Gasteiger partial charge in [0.15, 0.2) is 17.3 Å². The van der Waals surface area contributed by atoms with Crippen LogP contribution in [0.25, 0.3) is 11.2 Å². The third kappa shape index (κ3) is 4.81. The van der Waals surface area contributed by atoms with Gasteiger partial charge in [-0.3, -0.25) is 14.3 Å². The molecule has 0 radical (unpaired) electrons. The Bertz CT molecular complexity index is 1300. The third-order valence-electron chi connectivity index (χ3n) is 4.83. The quantitative estimate of drug-likeness (QED) is 0.399. The summed E-state index contributed by atoms with van der Waals surface area (Å²) in [5.74, 6) is 0.208. The molecule has 0 unspecified atom stereocenters. The number of hydrogen-bond donors (Lipinski definition) is 2. The lowest BCUT2D eigenvalue weighted by atomic mass is 10.1. The number of carbonyl (C=O) groups excluding carboxylic acids is 1. The van der Waals surface area contributed by atoms with Crippen LogP contribution in [-0.4, -0.2) is 37.6 Å². The summed E-state index contributed by atoms with van der Waals surface area (Å²) in [6.45, 7) is 0.728. The summed E-state index contributed by atoms with van der Waals surface area (Å²) >= 11 is 0. The van der Waals surface area contributed by atoms with E-state index in [4.69, 9.17) is 15.2 Å². The van der Waals surface area contributed by atoms with Gasteiger partial charge in [0.2, 0.25) is 0 Å². The smallest absolute Gasteiger partial charge is 0.328 e. The maximum atomic E-state index is 12.6. The van der Waals surface area contributed by atoms with Gasteiger partial charge in [-0.25, -0.2) is 14.8 Å². The topological polar surface area (TPSA) is 138 Å². The van der Waals surface area contributed by atoms with Gasteiger partial charge in [0, 0.05) is 12.4 Å². The number of ether oxygens (including phenoxy) is 2. The second-order valence-corrected chi connectivity index (χ2v) is 7.17. The standard InChI is InChI=1S/C22H22N6O4/c1-31-18(29)9-14-4-2-5-15(8-14)11-28-21-19(27-22(28)30)20(23)25-17(26-21)13-32-12-16-6-3-7-24-10-16/h2-8,10H,9,11-13H2,1H3,(H,27,30)(H2,23,25,26). The molecule has 0 saturated carbocycles. The van der Waals surface area contributed by atoms with Crippen LogP contribution in [0.15, 0.2) is 53.6 Å². The number of methoxy groups -OCH3 is 1. The molecule has 10 nitrogen and oxygen atoms in total. The molecule has 0 fully saturated rings. The Morgan fingerprint density at radius 3 is 2.72 bits per heavy atom. The molecule has 0 bridgehead atoms. The summed E-state index contributed by atoms with van der Waals surface area (Å²) in [6.07, 6.45) is 3.56. The first kappa shape index (κ1) is 21.2. The molecule has 0 aliphatic carbocycles. The summed E-state index contributed by atoms with van der Waals surface area (Å²) in [5.41, 5.74) is 9.02. The number of rotatable bonds is 8. The average molecular weight is 434 g/mol. The molecular formula is C22H22N6O4. The van der Waals surface area contributed by atoms with Crippen LogP contribution in [0.5, 0.6) is 0 Å². The number of aromatic nitrogens is 5. The monoisotopic (exact) mass is 434 g/mol. The summed E-state index contributed by atoms with van der Waals surface area (Å²) in [4.78, 5) is 39.6. The molecule has 0 saturated heterocycles. The van der Waals surface area contributed by atoms with Crippen molar-refractivity contribution in [2.45, 2.75) is 26.2 Å². The zero-order valence-electron chi connectivity index (χ0n) is 17.4. The fourth-order valence-corrected chi connectivity index (χ4v) is 3.31. The number of fused-ring (bicyclic) bond motifs is 1. The third-order valence-corrected chi connectivity index (χ3v) is 4.83. The zero-order valence-corrected chi connectivity index (χ0v) is 17.4. The van der Waals surface area contributed by atoms with Crippen molar-refractivity contribution < 1.29 is 14.3 Å².